The second-order valence-corrected chi connectivity index (χ2v) is 7.64. The summed E-state index contributed by atoms with van der Waals surface area (Å²) >= 11 is 3.53. The van der Waals surface area contributed by atoms with Gasteiger partial charge in [0, 0.05) is 11.4 Å². The maximum Gasteiger partial charge on any atom is 0.240 e. The van der Waals surface area contributed by atoms with Crippen LogP contribution in [0.1, 0.15) is 19.3 Å². The van der Waals surface area contributed by atoms with Gasteiger partial charge in [0.2, 0.25) is 10.0 Å². The van der Waals surface area contributed by atoms with Gasteiger partial charge >= 0.3 is 0 Å². The number of benzene rings is 1. The molecule has 2 unspecified atom stereocenters. The summed E-state index contributed by atoms with van der Waals surface area (Å²) in [5, 5.41) is 0. The highest BCUT2D eigenvalue weighted by Crippen LogP contribution is 2.30. The summed E-state index contributed by atoms with van der Waals surface area (Å²) < 4.78 is 39.2. The summed E-state index contributed by atoms with van der Waals surface area (Å²) in [5.74, 6) is -0.0588. The van der Waals surface area contributed by atoms with E-state index in [9.17, 15) is 12.8 Å². The summed E-state index contributed by atoms with van der Waals surface area (Å²) in [4.78, 5) is 0.607. The molecule has 2 rings (SSSR count). The lowest BCUT2D eigenvalue weighted by molar-refractivity contribution is 0.520. The van der Waals surface area contributed by atoms with Crippen molar-refractivity contribution in [2.45, 2.75) is 29.0 Å². The SMILES string of the molecule is O=S(=O)(NCC1CCC(Br)C1)c1ccc(F)cc1. The van der Waals surface area contributed by atoms with Crippen LogP contribution < -0.4 is 4.72 Å². The molecule has 2 atom stereocenters. The standard InChI is InChI=1S/C12H15BrFNO2S/c13-10-2-1-9(7-10)8-15-18(16,17)12-5-3-11(14)4-6-12/h3-6,9-10,15H,1-2,7-8H2. The van der Waals surface area contributed by atoms with Crippen molar-refractivity contribution in [3.63, 3.8) is 0 Å². The van der Waals surface area contributed by atoms with Gasteiger partial charge in [-0.05, 0) is 49.4 Å². The zero-order valence-corrected chi connectivity index (χ0v) is 12.2. The molecule has 1 aliphatic carbocycles. The van der Waals surface area contributed by atoms with Crippen molar-refractivity contribution in [2.24, 2.45) is 5.92 Å². The van der Waals surface area contributed by atoms with E-state index in [4.69, 9.17) is 0 Å². The lowest BCUT2D eigenvalue weighted by Gasteiger charge is -2.11. The van der Waals surface area contributed by atoms with Gasteiger partial charge in [-0.3, -0.25) is 0 Å². The molecule has 3 nitrogen and oxygen atoms in total. The van der Waals surface area contributed by atoms with Gasteiger partial charge < -0.3 is 0 Å². The molecular formula is C12H15BrFNO2S. The van der Waals surface area contributed by atoms with Gasteiger partial charge in [-0.2, -0.15) is 0 Å². The smallest absolute Gasteiger partial charge is 0.211 e. The fourth-order valence-corrected chi connectivity index (χ4v) is 4.03. The fraction of sp³-hybridized carbons (Fsp3) is 0.500. The Morgan fingerprint density at radius 1 is 1.28 bits per heavy atom. The third-order valence-corrected chi connectivity index (χ3v) is 5.43. The van der Waals surface area contributed by atoms with Gasteiger partial charge in [0.05, 0.1) is 4.90 Å². The van der Waals surface area contributed by atoms with Crippen LogP contribution in [0.15, 0.2) is 29.2 Å². The van der Waals surface area contributed by atoms with Gasteiger partial charge in [-0.1, -0.05) is 15.9 Å². The van der Waals surface area contributed by atoms with Crippen LogP contribution in [0.3, 0.4) is 0 Å². The molecule has 0 spiro atoms. The molecule has 0 saturated heterocycles. The number of nitrogens with one attached hydrogen (secondary N) is 1. The summed E-state index contributed by atoms with van der Waals surface area (Å²) in [6.45, 7) is 0.446. The first kappa shape index (κ1) is 14.0. The van der Waals surface area contributed by atoms with E-state index in [0.717, 1.165) is 31.4 Å². The molecule has 100 valence electrons. The molecule has 0 heterocycles. The monoisotopic (exact) mass is 335 g/mol. The van der Waals surface area contributed by atoms with Crippen molar-refractivity contribution in [2.75, 3.05) is 6.54 Å². The Morgan fingerprint density at radius 2 is 1.94 bits per heavy atom. The maximum atomic E-state index is 12.7. The molecule has 0 aromatic heterocycles. The van der Waals surface area contributed by atoms with Gasteiger partial charge in [0.15, 0.2) is 0 Å². The van der Waals surface area contributed by atoms with Crippen LogP contribution in [0.5, 0.6) is 0 Å². The predicted octanol–water partition coefficient (Wildman–Crippen LogP) is 2.67. The van der Waals surface area contributed by atoms with E-state index in [-0.39, 0.29) is 4.90 Å². The third kappa shape index (κ3) is 3.52. The van der Waals surface area contributed by atoms with Gasteiger partial charge in [-0.15, -0.1) is 0 Å². The second-order valence-electron chi connectivity index (χ2n) is 4.58. The molecule has 0 radical (unpaired) electrons. The van der Waals surface area contributed by atoms with Crippen molar-refractivity contribution in [3.8, 4) is 0 Å². The lowest BCUT2D eigenvalue weighted by atomic mass is 10.1. The first-order chi connectivity index (χ1) is 8.47. The zero-order valence-electron chi connectivity index (χ0n) is 9.77. The van der Waals surface area contributed by atoms with Crippen LogP contribution >= 0.6 is 15.9 Å². The largest absolute Gasteiger partial charge is 0.240 e. The number of sulfonamides is 1. The second kappa shape index (κ2) is 5.67. The number of hydrogen-bond acceptors (Lipinski definition) is 2. The van der Waals surface area contributed by atoms with E-state index in [0.29, 0.717) is 17.3 Å². The number of halogens is 2. The zero-order chi connectivity index (χ0) is 13.2. The molecule has 18 heavy (non-hydrogen) atoms. The van der Waals surface area contributed by atoms with E-state index in [2.05, 4.69) is 20.7 Å². The van der Waals surface area contributed by atoms with Crippen molar-refractivity contribution < 1.29 is 12.8 Å². The average Bonchev–Trinajstić information content (AvgIpc) is 2.73. The van der Waals surface area contributed by atoms with Crippen LogP contribution in [-0.2, 0) is 10.0 Å². The van der Waals surface area contributed by atoms with Crippen LogP contribution in [0.4, 0.5) is 4.39 Å². The molecule has 1 N–H and O–H groups in total. The third-order valence-electron chi connectivity index (χ3n) is 3.16. The molecule has 1 aliphatic rings. The van der Waals surface area contributed by atoms with E-state index in [1.54, 1.807) is 0 Å². The molecule has 0 aliphatic heterocycles. The van der Waals surface area contributed by atoms with Crippen LogP contribution in [0.2, 0.25) is 0 Å². The molecule has 1 fully saturated rings. The Balaban J connectivity index is 1.97. The summed E-state index contributed by atoms with van der Waals surface area (Å²) in [6.07, 6.45) is 3.11. The van der Waals surface area contributed by atoms with Crippen LogP contribution in [0.25, 0.3) is 0 Å². The van der Waals surface area contributed by atoms with Gasteiger partial charge in [0.1, 0.15) is 5.82 Å². The fourth-order valence-electron chi connectivity index (χ4n) is 2.12. The molecule has 0 bridgehead atoms. The molecular weight excluding hydrogens is 321 g/mol. The number of rotatable bonds is 4. The minimum atomic E-state index is -3.51. The number of alkyl halides is 1. The maximum absolute atomic E-state index is 12.7. The van der Waals surface area contributed by atoms with E-state index < -0.39 is 15.8 Å². The Labute approximate surface area is 115 Å². The highest BCUT2D eigenvalue weighted by atomic mass is 79.9. The topological polar surface area (TPSA) is 46.2 Å². The highest BCUT2D eigenvalue weighted by Gasteiger charge is 2.24. The van der Waals surface area contributed by atoms with Crippen molar-refractivity contribution in [3.05, 3.63) is 30.1 Å². The van der Waals surface area contributed by atoms with Crippen molar-refractivity contribution in [1.29, 1.82) is 0 Å². The summed E-state index contributed by atoms with van der Waals surface area (Å²) in [6, 6.07) is 4.86. The van der Waals surface area contributed by atoms with E-state index in [1.807, 2.05) is 0 Å². The van der Waals surface area contributed by atoms with Crippen molar-refractivity contribution >= 4 is 26.0 Å². The minimum absolute atomic E-state index is 0.109. The first-order valence-electron chi connectivity index (χ1n) is 5.86. The molecule has 0 amide bonds. The first-order valence-corrected chi connectivity index (χ1v) is 8.26. The molecule has 1 saturated carbocycles. The quantitative estimate of drug-likeness (QED) is 0.860. The summed E-state index contributed by atoms with van der Waals surface area (Å²) in [5.41, 5.74) is 0. The Bertz CT molecular complexity index is 503. The van der Waals surface area contributed by atoms with Gasteiger partial charge in [-0.25, -0.2) is 17.5 Å². The summed E-state index contributed by atoms with van der Waals surface area (Å²) in [7, 11) is -3.51. The lowest BCUT2D eigenvalue weighted by Crippen LogP contribution is -2.28. The minimum Gasteiger partial charge on any atom is -0.211 e. The molecule has 6 heteroatoms. The van der Waals surface area contributed by atoms with Crippen LogP contribution in [-0.4, -0.2) is 19.8 Å². The highest BCUT2D eigenvalue weighted by molar-refractivity contribution is 9.09. The van der Waals surface area contributed by atoms with Crippen molar-refractivity contribution in [1.82, 2.24) is 4.72 Å². The number of hydrogen-bond donors (Lipinski definition) is 1. The Hall–Kier alpha value is -0.460. The molecule has 1 aromatic rings. The Kier molecular flexibility index (Phi) is 4.40. The predicted molar refractivity (Wildman–Crippen MR) is 71.6 cm³/mol. The normalized spacial score (nSPS) is 24.3. The van der Waals surface area contributed by atoms with Gasteiger partial charge in [0.25, 0.3) is 0 Å². The van der Waals surface area contributed by atoms with E-state index >= 15 is 0 Å². The average molecular weight is 336 g/mol. The Morgan fingerprint density at radius 3 is 2.50 bits per heavy atom. The molecule has 1 aromatic carbocycles. The van der Waals surface area contributed by atoms with E-state index in [1.165, 1.54) is 12.1 Å². The van der Waals surface area contributed by atoms with Crippen LogP contribution in [0, 0.1) is 11.7 Å².